The van der Waals surface area contributed by atoms with Crippen LogP contribution in [-0.2, 0) is 6.54 Å². The molecule has 5 nitrogen and oxygen atoms in total. The maximum absolute atomic E-state index is 12.3. The van der Waals surface area contributed by atoms with Gasteiger partial charge in [-0.2, -0.15) is 5.26 Å². The number of aryl methyl sites for hydroxylation is 1. The average molecular weight is 254 g/mol. The third kappa shape index (κ3) is 1.57. The number of rotatable bonds is 2. The second-order valence-electron chi connectivity index (χ2n) is 4.83. The van der Waals surface area contributed by atoms with E-state index in [1.165, 1.54) is 0 Å². The number of ketones is 1. The van der Waals surface area contributed by atoms with Crippen LogP contribution < -0.4 is 5.73 Å². The maximum Gasteiger partial charge on any atom is 0.225 e. The van der Waals surface area contributed by atoms with E-state index in [9.17, 15) is 4.79 Å². The van der Waals surface area contributed by atoms with Gasteiger partial charge in [0.25, 0.3) is 0 Å². The van der Waals surface area contributed by atoms with Crippen molar-refractivity contribution in [3.63, 3.8) is 0 Å². The van der Waals surface area contributed by atoms with Crippen molar-refractivity contribution < 1.29 is 4.79 Å². The Morgan fingerprint density at radius 3 is 3.05 bits per heavy atom. The highest BCUT2D eigenvalue weighted by atomic mass is 16.1. The van der Waals surface area contributed by atoms with Crippen LogP contribution >= 0.6 is 0 Å². The lowest BCUT2D eigenvalue weighted by Gasteiger charge is -2.31. The molecule has 0 bridgehead atoms. The van der Waals surface area contributed by atoms with Crippen LogP contribution in [0.15, 0.2) is 24.2 Å². The summed E-state index contributed by atoms with van der Waals surface area (Å²) < 4.78 is 1.85. The van der Waals surface area contributed by atoms with Crippen LogP contribution in [0.1, 0.15) is 34.1 Å². The number of hydrogen-bond acceptors (Lipinski definition) is 4. The Labute approximate surface area is 111 Å². The first kappa shape index (κ1) is 11.6. The molecule has 1 aromatic rings. The zero-order valence-corrected chi connectivity index (χ0v) is 10.6. The molecule has 1 aromatic heterocycles. The van der Waals surface area contributed by atoms with E-state index in [0.29, 0.717) is 18.7 Å². The lowest BCUT2D eigenvalue weighted by atomic mass is 9.90. The highest BCUT2D eigenvalue weighted by Gasteiger charge is 2.34. The summed E-state index contributed by atoms with van der Waals surface area (Å²) >= 11 is 0. The van der Waals surface area contributed by atoms with Crippen LogP contribution in [0.5, 0.6) is 0 Å². The highest BCUT2D eigenvalue weighted by Crippen LogP contribution is 2.38. The van der Waals surface area contributed by atoms with Crippen molar-refractivity contribution in [2.75, 3.05) is 7.05 Å². The molecular formula is C14H14N4O. The molecule has 0 saturated carbocycles. The molecule has 19 heavy (non-hydrogen) atoms. The van der Waals surface area contributed by atoms with Gasteiger partial charge >= 0.3 is 0 Å². The molecule has 0 aromatic carbocycles. The van der Waals surface area contributed by atoms with Crippen molar-refractivity contribution in [3.8, 4) is 6.07 Å². The molecule has 1 aliphatic heterocycles. The molecule has 0 radical (unpaired) electrons. The number of hydrogen-bond donors (Lipinski definition) is 1. The smallest absolute Gasteiger partial charge is 0.225 e. The van der Waals surface area contributed by atoms with E-state index in [-0.39, 0.29) is 17.5 Å². The Bertz CT molecular complexity index is 660. The SMILES string of the molecule is CN1C=Cc2cn(CCC#N)c3c2C1C=C(N)C3=O. The van der Waals surface area contributed by atoms with Gasteiger partial charge in [-0.05, 0) is 17.7 Å². The minimum atomic E-state index is -0.140. The van der Waals surface area contributed by atoms with E-state index in [2.05, 4.69) is 6.07 Å². The number of nitriles is 1. The van der Waals surface area contributed by atoms with Gasteiger partial charge in [-0.25, -0.2) is 0 Å². The molecule has 0 saturated heterocycles. The van der Waals surface area contributed by atoms with Crippen molar-refractivity contribution in [1.82, 2.24) is 9.47 Å². The van der Waals surface area contributed by atoms with Gasteiger partial charge in [0.05, 0.1) is 29.9 Å². The fourth-order valence-electron chi connectivity index (χ4n) is 2.71. The monoisotopic (exact) mass is 254 g/mol. The van der Waals surface area contributed by atoms with Crippen molar-refractivity contribution in [1.29, 1.82) is 5.26 Å². The van der Waals surface area contributed by atoms with Crippen molar-refractivity contribution in [3.05, 3.63) is 41.0 Å². The topological polar surface area (TPSA) is 75.1 Å². The third-order valence-electron chi connectivity index (χ3n) is 3.65. The summed E-state index contributed by atoms with van der Waals surface area (Å²) in [6.45, 7) is 0.516. The predicted molar refractivity (Wildman–Crippen MR) is 70.8 cm³/mol. The van der Waals surface area contributed by atoms with Crippen LogP contribution in [0, 0.1) is 11.3 Å². The second kappa shape index (κ2) is 4.02. The fraction of sp³-hybridized carbons (Fsp3) is 0.286. The minimum absolute atomic E-state index is 0.0102. The Balaban J connectivity index is 2.18. The van der Waals surface area contributed by atoms with Gasteiger partial charge in [0.2, 0.25) is 5.78 Å². The maximum atomic E-state index is 12.3. The number of nitrogens with zero attached hydrogens (tertiary/aromatic N) is 3. The molecule has 0 spiro atoms. The molecular weight excluding hydrogens is 240 g/mol. The summed E-state index contributed by atoms with van der Waals surface area (Å²) in [5, 5.41) is 8.71. The number of carbonyl (C=O) groups is 1. The quantitative estimate of drug-likeness (QED) is 0.865. The van der Waals surface area contributed by atoms with Crippen molar-refractivity contribution >= 4 is 11.9 Å². The minimum Gasteiger partial charge on any atom is -0.396 e. The van der Waals surface area contributed by atoms with Gasteiger partial charge in [-0.3, -0.25) is 4.79 Å². The van der Waals surface area contributed by atoms with Crippen molar-refractivity contribution in [2.24, 2.45) is 5.73 Å². The summed E-state index contributed by atoms with van der Waals surface area (Å²) in [5.74, 6) is -0.140. The lowest BCUT2D eigenvalue weighted by molar-refractivity contribution is 0.101. The standard InChI is InChI=1S/C14H14N4O/c1-17-6-3-9-8-18(5-2-4-15)13-12(9)11(17)7-10(16)14(13)19/h3,6-8,11H,2,5,16H2,1H3. The Morgan fingerprint density at radius 2 is 2.32 bits per heavy atom. The normalized spacial score (nSPS) is 20.0. The van der Waals surface area contributed by atoms with Crippen LogP contribution in [0.25, 0.3) is 6.08 Å². The van der Waals surface area contributed by atoms with Crippen molar-refractivity contribution in [2.45, 2.75) is 19.0 Å². The van der Waals surface area contributed by atoms with E-state index in [4.69, 9.17) is 11.0 Å². The van der Waals surface area contributed by atoms with Gasteiger partial charge in [0, 0.05) is 31.6 Å². The van der Waals surface area contributed by atoms with Crippen LogP contribution in [0.2, 0.25) is 0 Å². The fourth-order valence-corrected chi connectivity index (χ4v) is 2.71. The summed E-state index contributed by atoms with van der Waals surface area (Å²) in [5.41, 5.74) is 8.78. The molecule has 1 aliphatic carbocycles. The van der Waals surface area contributed by atoms with E-state index >= 15 is 0 Å². The number of aromatic nitrogens is 1. The Hall–Kier alpha value is -2.48. The van der Waals surface area contributed by atoms with Gasteiger partial charge < -0.3 is 15.2 Å². The van der Waals surface area contributed by atoms with Crippen LogP contribution in [0.3, 0.4) is 0 Å². The number of allylic oxidation sites excluding steroid dienone is 1. The first-order valence-corrected chi connectivity index (χ1v) is 6.15. The second-order valence-corrected chi connectivity index (χ2v) is 4.83. The Kier molecular flexibility index (Phi) is 2.46. The molecule has 96 valence electrons. The first-order chi connectivity index (χ1) is 9.13. The summed E-state index contributed by atoms with van der Waals surface area (Å²) in [6.07, 6.45) is 8.07. The molecule has 0 amide bonds. The van der Waals surface area contributed by atoms with E-state index in [0.717, 1.165) is 11.1 Å². The molecule has 2 N–H and O–H groups in total. The van der Waals surface area contributed by atoms with E-state index in [1.54, 1.807) is 6.08 Å². The first-order valence-electron chi connectivity index (χ1n) is 6.15. The molecule has 1 atom stereocenters. The predicted octanol–water partition coefficient (Wildman–Crippen LogP) is 1.40. The molecule has 2 heterocycles. The zero-order valence-electron chi connectivity index (χ0n) is 10.6. The molecule has 3 rings (SSSR count). The largest absolute Gasteiger partial charge is 0.396 e. The number of likely N-dealkylation sites (N-methyl/N-ethyl adjacent to an activating group) is 1. The summed E-state index contributed by atoms with van der Waals surface area (Å²) in [7, 11) is 1.96. The number of Topliss-reactive ketones (excluding diaryl/α,β-unsaturated/α-hetero) is 1. The van der Waals surface area contributed by atoms with Crippen LogP contribution in [-0.4, -0.2) is 22.3 Å². The Morgan fingerprint density at radius 1 is 1.53 bits per heavy atom. The lowest BCUT2D eigenvalue weighted by Crippen LogP contribution is -2.30. The van der Waals surface area contributed by atoms with Gasteiger partial charge in [-0.15, -0.1) is 0 Å². The molecule has 1 unspecified atom stereocenters. The van der Waals surface area contributed by atoms with Gasteiger partial charge in [0.15, 0.2) is 0 Å². The van der Waals surface area contributed by atoms with E-state index < -0.39 is 0 Å². The van der Waals surface area contributed by atoms with Crippen LogP contribution in [0.4, 0.5) is 0 Å². The summed E-state index contributed by atoms with van der Waals surface area (Å²) in [6, 6.07) is 2.12. The van der Waals surface area contributed by atoms with Gasteiger partial charge in [-0.1, -0.05) is 0 Å². The number of carbonyl (C=O) groups excluding carboxylic acids is 1. The highest BCUT2D eigenvalue weighted by molar-refractivity contribution is 6.10. The molecule has 0 fully saturated rings. The zero-order chi connectivity index (χ0) is 13.6. The molecule has 5 heteroatoms. The van der Waals surface area contributed by atoms with E-state index in [1.807, 2.05) is 35.0 Å². The summed E-state index contributed by atoms with van der Waals surface area (Å²) in [4.78, 5) is 14.3. The third-order valence-corrected chi connectivity index (χ3v) is 3.65. The van der Waals surface area contributed by atoms with Gasteiger partial charge in [0.1, 0.15) is 0 Å². The molecule has 2 aliphatic rings. The number of nitrogens with two attached hydrogens (primary N) is 1. The average Bonchev–Trinajstić information content (AvgIpc) is 2.76.